The van der Waals surface area contributed by atoms with E-state index in [4.69, 9.17) is 15.3 Å². The first kappa shape index (κ1) is 12.8. The molecule has 1 aromatic carbocycles. The number of carbonyl (C=O) groups is 2. The Labute approximate surface area is 91.7 Å². The number of aliphatic carboxylic acids is 1. The Balaban J connectivity index is 3.52. The summed E-state index contributed by atoms with van der Waals surface area (Å²) in [4.78, 5) is 21.3. The molecule has 0 atom stereocenters. The number of halogens is 3. The highest BCUT2D eigenvalue weighted by molar-refractivity contribution is 6.40. The molecule has 92 valence electrons. The summed E-state index contributed by atoms with van der Waals surface area (Å²) in [6.45, 7) is 0. The van der Waals surface area contributed by atoms with Crippen molar-refractivity contribution in [3.63, 3.8) is 0 Å². The molecule has 0 fully saturated rings. The van der Waals surface area contributed by atoms with E-state index in [1.807, 2.05) is 0 Å². The van der Waals surface area contributed by atoms with Gasteiger partial charge in [-0.15, -0.1) is 0 Å². The van der Waals surface area contributed by atoms with Gasteiger partial charge in [-0.2, -0.15) is 13.2 Å². The maximum Gasteiger partial charge on any atom is 0.417 e. The highest BCUT2D eigenvalue weighted by atomic mass is 19.4. The SMILES string of the molecule is O=C(O)C(=O)c1cc(O)c(O)cc1C(F)(F)F. The molecule has 0 radical (unpaired) electrons. The van der Waals surface area contributed by atoms with Gasteiger partial charge in [0.1, 0.15) is 0 Å². The predicted octanol–water partition coefficient (Wildman–Crippen LogP) is 1.38. The van der Waals surface area contributed by atoms with Crippen molar-refractivity contribution >= 4 is 11.8 Å². The number of phenols is 2. The van der Waals surface area contributed by atoms with Gasteiger partial charge in [-0.25, -0.2) is 4.79 Å². The van der Waals surface area contributed by atoms with Crippen LogP contribution in [0.3, 0.4) is 0 Å². The zero-order chi connectivity index (χ0) is 13.4. The molecule has 0 bridgehead atoms. The van der Waals surface area contributed by atoms with E-state index < -0.39 is 40.6 Å². The molecular formula is C9H5F3O5. The average molecular weight is 250 g/mol. The van der Waals surface area contributed by atoms with Crippen molar-refractivity contribution in [3.8, 4) is 11.5 Å². The van der Waals surface area contributed by atoms with Crippen molar-refractivity contribution in [1.29, 1.82) is 0 Å². The lowest BCUT2D eigenvalue weighted by molar-refractivity contribution is -0.138. The fourth-order valence-corrected chi connectivity index (χ4v) is 1.11. The van der Waals surface area contributed by atoms with Gasteiger partial charge in [0.15, 0.2) is 11.5 Å². The third kappa shape index (κ3) is 2.47. The first-order chi connectivity index (χ1) is 7.64. The van der Waals surface area contributed by atoms with Gasteiger partial charge in [0, 0.05) is 5.56 Å². The smallest absolute Gasteiger partial charge is 0.417 e. The molecule has 0 unspecified atom stereocenters. The maximum atomic E-state index is 12.4. The second kappa shape index (κ2) is 3.96. The third-order valence-electron chi connectivity index (χ3n) is 1.86. The van der Waals surface area contributed by atoms with E-state index in [-0.39, 0.29) is 12.1 Å². The van der Waals surface area contributed by atoms with E-state index in [1.165, 1.54) is 0 Å². The molecule has 0 aromatic heterocycles. The lowest BCUT2D eigenvalue weighted by Crippen LogP contribution is -2.19. The zero-order valence-corrected chi connectivity index (χ0v) is 7.95. The minimum absolute atomic E-state index is 0.0888. The molecular weight excluding hydrogens is 245 g/mol. The van der Waals surface area contributed by atoms with Crippen LogP contribution in [0.2, 0.25) is 0 Å². The van der Waals surface area contributed by atoms with Crippen molar-refractivity contribution in [1.82, 2.24) is 0 Å². The molecule has 0 saturated carbocycles. The summed E-state index contributed by atoms with van der Waals surface area (Å²) in [6.07, 6.45) is -5.02. The fraction of sp³-hybridized carbons (Fsp3) is 0.111. The van der Waals surface area contributed by atoms with Crippen molar-refractivity contribution in [2.45, 2.75) is 6.18 Å². The van der Waals surface area contributed by atoms with Gasteiger partial charge in [-0.1, -0.05) is 0 Å². The summed E-state index contributed by atoms with van der Waals surface area (Å²) in [5, 5.41) is 26.2. The summed E-state index contributed by atoms with van der Waals surface area (Å²) < 4.78 is 37.3. The Morgan fingerprint density at radius 2 is 1.53 bits per heavy atom. The Kier molecular flexibility index (Phi) is 2.99. The van der Waals surface area contributed by atoms with Gasteiger partial charge in [0.2, 0.25) is 0 Å². The highest BCUT2D eigenvalue weighted by Crippen LogP contribution is 2.38. The molecule has 0 heterocycles. The van der Waals surface area contributed by atoms with E-state index in [2.05, 4.69) is 0 Å². The Hall–Kier alpha value is -2.25. The first-order valence-corrected chi connectivity index (χ1v) is 4.05. The third-order valence-corrected chi connectivity index (χ3v) is 1.86. The number of benzene rings is 1. The molecule has 0 aliphatic rings. The quantitative estimate of drug-likeness (QED) is 0.418. The van der Waals surface area contributed by atoms with E-state index in [9.17, 15) is 22.8 Å². The molecule has 0 amide bonds. The molecule has 1 rings (SSSR count). The molecule has 3 N–H and O–H groups in total. The monoisotopic (exact) mass is 250 g/mol. The lowest BCUT2D eigenvalue weighted by atomic mass is 10.0. The average Bonchev–Trinajstić information content (AvgIpc) is 2.18. The topological polar surface area (TPSA) is 94.8 Å². The number of carbonyl (C=O) groups excluding carboxylic acids is 1. The predicted molar refractivity (Wildman–Crippen MR) is 46.7 cm³/mol. The van der Waals surface area contributed by atoms with Gasteiger partial charge < -0.3 is 15.3 Å². The van der Waals surface area contributed by atoms with Gasteiger partial charge in [-0.3, -0.25) is 4.79 Å². The Morgan fingerprint density at radius 1 is 1.06 bits per heavy atom. The number of rotatable bonds is 2. The second-order valence-electron chi connectivity index (χ2n) is 3.02. The number of carboxylic acid groups (broad SMARTS) is 1. The molecule has 0 aliphatic heterocycles. The normalized spacial score (nSPS) is 11.2. The van der Waals surface area contributed by atoms with Gasteiger partial charge >= 0.3 is 12.1 Å². The number of phenolic OH excluding ortho intramolecular Hbond substituents is 2. The number of hydrogen-bond acceptors (Lipinski definition) is 4. The Bertz CT molecular complexity index is 492. The van der Waals surface area contributed by atoms with Crippen LogP contribution >= 0.6 is 0 Å². The summed E-state index contributed by atoms with van der Waals surface area (Å²) in [6, 6.07) is 0.347. The number of alkyl halides is 3. The summed E-state index contributed by atoms with van der Waals surface area (Å²) >= 11 is 0. The van der Waals surface area contributed by atoms with Crippen molar-refractivity contribution < 1.29 is 38.1 Å². The minimum Gasteiger partial charge on any atom is -0.504 e. The van der Waals surface area contributed by atoms with Gasteiger partial charge in [0.25, 0.3) is 5.78 Å². The summed E-state index contributed by atoms with van der Waals surface area (Å²) in [7, 11) is 0. The van der Waals surface area contributed by atoms with Gasteiger partial charge in [0.05, 0.1) is 5.56 Å². The van der Waals surface area contributed by atoms with Crippen LogP contribution in [0.4, 0.5) is 13.2 Å². The molecule has 17 heavy (non-hydrogen) atoms. The zero-order valence-electron chi connectivity index (χ0n) is 7.95. The van der Waals surface area contributed by atoms with Crippen LogP contribution in [-0.4, -0.2) is 27.1 Å². The number of aromatic hydroxyl groups is 2. The van der Waals surface area contributed by atoms with Crippen molar-refractivity contribution in [2.75, 3.05) is 0 Å². The largest absolute Gasteiger partial charge is 0.504 e. The molecule has 0 aliphatic carbocycles. The lowest BCUT2D eigenvalue weighted by Gasteiger charge is -2.11. The maximum absolute atomic E-state index is 12.4. The summed E-state index contributed by atoms with van der Waals surface area (Å²) in [5.41, 5.74) is -2.86. The van der Waals surface area contributed by atoms with Gasteiger partial charge in [-0.05, 0) is 12.1 Å². The molecule has 1 aromatic rings. The number of Topliss-reactive ketones (excluding diaryl/α,β-unsaturated/α-hetero) is 1. The van der Waals surface area contributed by atoms with Crippen molar-refractivity contribution in [2.24, 2.45) is 0 Å². The van der Waals surface area contributed by atoms with E-state index >= 15 is 0 Å². The molecule has 0 saturated heterocycles. The molecule has 0 spiro atoms. The van der Waals surface area contributed by atoms with E-state index in [0.29, 0.717) is 0 Å². The van der Waals surface area contributed by atoms with E-state index in [1.54, 1.807) is 0 Å². The van der Waals surface area contributed by atoms with Crippen LogP contribution in [0.25, 0.3) is 0 Å². The van der Waals surface area contributed by atoms with Crippen LogP contribution in [0.15, 0.2) is 12.1 Å². The van der Waals surface area contributed by atoms with Crippen LogP contribution in [0, 0.1) is 0 Å². The fourth-order valence-electron chi connectivity index (χ4n) is 1.11. The highest BCUT2D eigenvalue weighted by Gasteiger charge is 2.37. The second-order valence-corrected chi connectivity index (χ2v) is 3.02. The minimum atomic E-state index is -5.02. The van der Waals surface area contributed by atoms with Crippen LogP contribution < -0.4 is 0 Å². The summed E-state index contributed by atoms with van der Waals surface area (Å²) in [5.74, 6) is -6.03. The van der Waals surface area contributed by atoms with Crippen LogP contribution in [-0.2, 0) is 11.0 Å². The number of hydrogen-bond donors (Lipinski definition) is 3. The Morgan fingerprint density at radius 3 is 1.94 bits per heavy atom. The number of ketones is 1. The van der Waals surface area contributed by atoms with Crippen molar-refractivity contribution in [3.05, 3.63) is 23.3 Å². The molecule has 8 heteroatoms. The molecule has 5 nitrogen and oxygen atoms in total. The van der Waals surface area contributed by atoms with Crippen LogP contribution in [0.1, 0.15) is 15.9 Å². The van der Waals surface area contributed by atoms with E-state index in [0.717, 1.165) is 0 Å². The first-order valence-electron chi connectivity index (χ1n) is 4.05. The van der Waals surface area contributed by atoms with Crippen LogP contribution in [0.5, 0.6) is 11.5 Å². The number of carboxylic acids is 1. The standard InChI is InChI=1S/C9H5F3O5/c10-9(11,12)4-2-6(14)5(13)1-3(4)7(15)8(16)17/h1-2,13-14H,(H,16,17).